The summed E-state index contributed by atoms with van der Waals surface area (Å²) < 4.78 is 5.75. The highest BCUT2D eigenvalue weighted by molar-refractivity contribution is 6.23. The Bertz CT molecular complexity index is 1230. The summed E-state index contributed by atoms with van der Waals surface area (Å²) in [5, 5.41) is 10.9. The largest absolute Gasteiger partial charge is 0.494 e. The zero-order chi connectivity index (χ0) is 23.4. The normalized spacial score (nSPS) is 26.3. The highest BCUT2D eigenvalue weighted by Crippen LogP contribution is 2.64. The Labute approximate surface area is 199 Å². The van der Waals surface area contributed by atoms with E-state index < -0.39 is 17.3 Å². The van der Waals surface area contributed by atoms with Crippen LogP contribution in [-0.4, -0.2) is 30.1 Å². The van der Waals surface area contributed by atoms with Gasteiger partial charge < -0.3 is 9.84 Å². The van der Waals surface area contributed by atoms with Crippen molar-refractivity contribution in [2.75, 3.05) is 18.1 Å². The van der Waals surface area contributed by atoms with Gasteiger partial charge in [-0.2, -0.15) is 0 Å². The standard InChI is InChI=1S/C29H27NO4/c1-2-3-16-34-19-14-12-18(13-15-19)30-27(32)25-24-20-8-4-6-10-22(20)29(17-31,26(25)28(30)33)23-11-7-5-9-21(23)24/h4-15,24-26,31H,2-3,16-17H2,1H3/t24?,25-,26-,29?/m1/s1. The van der Waals surface area contributed by atoms with Gasteiger partial charge >= 0.3 is 0 Å². The molecule has 1 heterocycles. The first-order valence-corrected chi connectivity index (χ1v) is 12.0. The molecule has 7 rings (SSSR count). The number of benzene rings is 3. The fourth-order valence-electron chi connectivity index (χ4n) is 6.48. The Balaban J connectivity index is 1.46. The lowest BCUT2D eigenvalue weighted by Crippen LogP contribution is -2.55. The van der Waals surface area contributed by atoms with E-state index in [4.69, 9.17) is 4.74 Å². The van der Waals surface area contributed by atoms with E-state index in [9.17, 15) is 14.7 Å². The third-order valence-electron chi connectivity index (χ3n) is 7.91. The number of amides is 2. The van der Waals surface area contributed by atoms with Crippen LogP contribution in [0.25, 0.3) is 0 Å². The maximum Gasteiger partial charge on any atom is 0.239 e. The fourth-order valence-corrected chi connectivity index (χ4v) is 6.48. The van der Waals surface area contributed by atoms with Crippen LogP contribution in [0.3, 0.4) is 0 Å². The number of aliphatic hydroxyl groups excluding tert-OH is 1. The molecule has 3 aromatic carbocycles. The summed E-state index contributed by atoms with van der Waals surface area (Å²) in [4.78, 5) is 29.2. The van der Waals surface area contributed by atoms with Crippen molar-refractivity contribution < 1.29 is 19.4 Å². The molecule has 2 amide bonds. The number of ether oxygens (including phenoxy) is 1. The third kappa shape index (κ3) is 2.65. The van der Waals surface area contributed by atoms with Gasteiger partial charge in [-0.15, -0.1) is 0 Å². The van der Waals surface area contributed by atoms with Crippen molar-refractivity contribution in [3.63, 3.8) is 0 Å². The molecule has 0 saturated carbocycles. The number of anilines is 1. The van der Waals surface area contributed by atoms with Gasteiger partial charge in [0.1, 0.15) is 5.75 Å². The predicted molar refractivity (Wildman–Crippen MR) is 129 cm³/mol. The smallest absolute Gasteiger partial charge is 0.239 e. The van der Waals surface area contributed by atoms with Gasteiger partial charge in [-0.3, -0.25) is 9.59 Å². The van der Waals surface area contributed by atoms with Gasteiger partial charge in [0.2, 0.25) is 11.8 Å². The lowest BCUT2D eigenvalue weighted by molar-refractivity contribution is -0.124. The van der Waals surface area contributed by atoms with Crippen LogP contribution < -0.4 is 9.64 Å². The second-order valence-electron chi connectivity index (χ2n) is 9.49. The highest BCUT2D eigenvalue weighted by atomic mass is 16.5. The molecule has 5 nitrogen and oxygen atoms in total. The van der Waals surface area contributed by atoms with Gasteiger partial charge in [0.25, 0.3) is 0 Å². The Hall–Kier alpha value is -3.44. The average Bonchev–Trinajstić information content (AvgIpc) is 3.15. The summed E-state index contributed by atoms with van der Waals surface area (Å²) in [5.74, 6) is -1.09. The monoisotopic (exact) mass is 453 g/mol. The number of rotatable bonds is 6. The number of carbonyl (C=O) groups excluding carboxylic acids is 2. The molecule has 0 unspecified atom stereocenters. The van der Waals surface area contributed by atoms with E-state index in [1.165, 1.54) is 4.90 Å². The summed E-state index contributed by atoms with van der Waals surface area (Å²) in [6.45, 7) is 2.52. The number of carbonyl (C=O) groups is 2. The van der Waals surface area contributed by atoms with Gasteiger partial charge in [-0.05, 0) is 52.9 Å². The molecule has 3 aliphatic carbocycles. The third-order valence-corrected chi connectivity index (χ3v) is 7.91. The van der Waals surface area contributed by atoms with Gasteiger partial charge in [0.05, 0.1) is 36.2 Å². The maximum atomic E-state index is 14.0. The van der Waals surface area contributed by atoms with Gasteiger partial charge in [-0.1, -0.05) is 61.9 Å². The molecule has 0 aromatic heterocycles. The molecule has 1 fully saturated rings. The second kappa shape index (κ2) is 7.81. The molecular formula is C29H27NO4. The van der Waals surface area contributed by atoms with E-state index in [2.05, 4.69) is 6.92 Å². The van der Waals surface area contributed by atoms with E-state index in [-0.39, 0.29) is 24.3 Å². The van der Waals surface area contributed by atoms with Gasteiger partial charge in [0, 0.05) is 5.92 Å². The number of aliphatic hydroxyl groups is 1. The lowest BCUT2D eigenvalue weighted by Gasteiger charge is -2.53. The molecular weight excluding hydrogens is 426 g/mol. The number of hydrogen-bond donors (Lipinski definition) is 1. The minimum absolute atomic E-state index is 0.193. The van der Waals surface area contributed by atoms with Crippen molar-refractivity contribution in [3.8, 4) is 5.75 Å². The second-order valence-corrected chi connectivity index (χ2v) is 9.49. The quantitative estimate of drug-likeness (QED) is 0.444. The molecule has 172 valence electrons. The average molecular weight is 454 g/mol. The van der Waals surface area contributed by atoms with Crippen molar-refractivity contribution in [1.82, 2.24) is 0 Å². The summed E-state index contributed by atoms with van der Waals surface area (Å²) >= 11 is 0. The molecule has 34 heavy (non-hydrogen) atoms. The first-order valence-electron chi connectivity index (χ1n) is 12.0. The van der Waals surface area contributed by atoms with E-state index >= 15 is 0 Å². The molecule has 1 aliphatic heterocycles. The number of unbranched alkanes of at least 4 members (excludes halogenated alkanes) is 1. The van der Waals surface area contributed by atoms with Crippen LogP contribution in [0, 0.1) is 11.8 Å². The molecule has 0 radical (unpaired) electrons. The van der Waals surface area contributed by atoms with Crippen LogP contribution in [0.5, 0.6) is 5.75 Å². The summed E-state index contributed by atoms with van der Waals surface area (Å²) in [7, 11) is 0. The van der Waals surface area contributed by atoms with Crippen LogP contribution in [0.1, 0.15) is 47.9 Å². The van der Waals surface area contributed by atoms with Crippen LogP contribution >= 0.6 is 0 Å². The molecule has 1 N–H and O–H groups in total. The SMILES string of the molecule is CCCCOc1ccc(N2C(=O)[C@@H]3C4c5ccccc5C(CO)(c5ccccc54)[C@H]3C2=O)cc1. The molecule has 5 heteroatoms. The van der Waals surface area contributed by atoms with E-state index in [1.807, 2.05) is 60.7 Å². The molecule has 4 aliphatic rings. The topological polar surface area (TPSA) is 66.8 Å². The minimum atomic E-state index is -0.933. The Morgan fingerprint density at radius 3 is 2.09 bits per heavy atom. The van der Waals surface area contributed by atoms with Crippen molar-refractivity contribution in [2.24, 2.45) is 11.8 Å². The summed E-state index contributed by atoms with van der Waals surface area (Å²) in [5.41, 5.74) is 3.62. The highest BCUT2D eigenvalue weighted by Gasteiger charge is 2.68. The fraction of sp³-hybridized carbons (Fsp3) is 0.310. The maximum absolute atomic E-state index is 14.0. The zero-order valence-electron chi connectivity index (χ0n) is 19.1. The Kier molecular flexibility index (Phi) is 4.85. The number of hydrogen-bond acceptors (Lipinski definition) is 4. The zero-order valence-corrected chi connectivity index (χ0v) is 19.1. The first kappa shape index (κ1) is 21.1. The molecule has 2 atom stereocenters. The first-order chi connectivity index (χ1) is 16.6. The molecule has 3 aromatic rings. The van der Waals surface area contributed by atoms with Crippen LogP contribution in [0.15, 0.2) is 72.8 Å². The summed E-state index contributed by atoms with van der Waals surface area (Å²) in [6.07, 6.45) is 2.02. The van der Waals surface area contributed by atoms with Gasteiger partial charge in [0.15, 0.2) is 0 Å². The van der Waals surface area contributed by atoms with Crippen molar-refractivity contribution in [2.45, 2.75) is 31.1 Å². The van der Waals surface area contributed by atoms with Crippen molar-refractivity contribution in [1.29, 1.82) is 0 Å². The van der Waals surface area contributed by atoms with Crippen LogP contribution in [0.2, 0.25) is 0 Å². The Morgan fingerprint density at radius 1 is 0.882 bits per heavy atom. The van der Waals surface area contributed by atoms with Crippen LogP contribution in [0.4, 0.5) is 5.69 Å². The molecule has 1 saturated heterocycles. The molecule has 2 bridgehead atoms. The van der Waals surface area contributed by atoms with Gasteiger partial charge in [-0.25, -0.2) is 4.90 Å². The number of imide groups is 1. The van der Waals surface area contributed by atoms with Crippen LogP contribution in [-0.2, 0) is 15.0 Å². The predicted octanol–water partition coefficient (Wildman–Crippen LogP) is 4.41. The summed E-state index contributed by atoms with van der Waals surface area (Å²) in [6, 6.07) is 23.1. The van der Waals surface area contributed by atoms with Crippen molar-refractivity contribution >= 4 is 17.5 Å². The molecule has 0 spiro atoms. The number of nitrogens with zero attached hydrogens (tertiary/aromatic N) is 1. The van der Waals surface area contributed by atoms with E-state index in [0.717, 1.165) is 40.8 Å². The van der Waals surface area contributed by atoms with E-state index in [0.29, 0.717) is 12.3 Å². The van der Waals surface area contributed by atoms with Crippen molar-refractivity contribution in [3.05, 3.63) is 95.1 Å². The Morgan fingerprint density at radius 2 is 1.50 bits per heavy atom. The van der Waals surface area contributed by atoms with E-state index in [1.54, 1.807) is 12.1 Å². The minimum Gasteiger partial charge on any atom is -0.494 e. The lowest BCUT2D eigenvalue weighted by atomic mass is 9.47.